The van der Waals surface area contributed by atoms with Gasteiger partial charge in [0.25, 0.3) is 0 Å². The molecule has 0 amide bonds. The standard InChI is InChI=1S/C10H23O2P.Al.3H/c1-3-5-6-7-8-9-10-12-13(11)4-2;;;;/h13H,3-10H2,1-2H3;;;;. The van der Waals surface area contributed by atoms with E-state index in [0.29, 0.717) is 12.8 Å². The quantitative estimate of drug-likeness (QED) is 0.349. The van der Waals surface area contributed by atoms with Crippen LogP contribution >= 0.6 is 8.03 Å². The van der Waals surface area contributed by atoms with E-state index in [-0.39, 0.29) is 17.4 Å². The lowest BCUT2D eigenvalue weighted by Gasteiger charge is -2.02. The van der Waals surface area contributed by atoms with Crippen LogP contribution in [0.5, 0.6) is 0 Å². The first-order valence-corrected chi connectivity index (χ1v) is 6.99. The SMILES string of the molecule is CCCCCCCCO[PH](=O)CC.[AlH3]. The summed E-state index contributed by atoms with van der Waals surface area (Å²) in [5, 5.41) is 0. The minimum absolute atomic E-state index is 0. The van der Waals surface area contributed by atoms with Gasteiger partial charge in [0.15, 0.2) is 25.4 Å². The number of hydrogen-bond acceptors (Lipinski definition) is 2. The molecule has 0 aliphatic rings. The average molecular weight is 236 g/mol. The Morgan fingerprint density at radius 1 is 1.00 bits per heavy atom. The highest BCUT2D eigenvalue weighted by Crippen LogP contribution is 2.21. The van der Waals surface area contributed by atoms with E-state index in [9.17, 15) is 4.57 Å². The summed E-state index contributed by atoms with van der Waals surface area (Å²) in [6, 6.07) is 0. The van der Waals surface area contributed by atoms with Crippen molar-refractivity contribution >= 4 is 25.4 Å². The van der Waals surface area contributed by atoms with Crippen LogP contribution in [0, 0.1) is 0 Å². The molecular weight excluding hydrogens is 210 g/mol. The predicted octanol–water partition coefficient (Wildman–Crippen LogP) is 2.67. The van der Waals surface area contributed by atoms with E-state index in [1.807, 2.05) is 6.92 Å². The van der Waals surface area contributed by atoms with E-state index in [2.05, 4.69) is 6.92 Å². The molecule has 0 N–H and O–H groups in total. The molecule has 0 spiro atoms. The fourth-order valence-corrected chi connectivity index (χ4v) is 1.75. The third kappa shape index (κ3) is 12.7. The molecule has 0 heterocycles. The summed E-state index contributed by atoms with van der Waals surface area (Å²) in [5.74, 6) is 0. The Morgan fingerprint density at radius 2 is 1.57 bits per heavy atom. The van der Waals surface area contributed by atoms with E-state index in [1.165, 1.54) is 32.1 Å². The normalized spacial score (nSPS) is 12.1. The molecule has 0 aliphatic carbocycles. The summed E-state index contributed by atoms with van der Waals surface area (Å²) >= 11 is 0. The summed E-state index contributed by atoms with van der Waals surface area (Å²) in [5.41, 5.74) is 0. The highest BCUT2D eigenvalue weighted by molar-refractivity contribution is 7.39. The molecule has 0 fully saturated rings. The van der Waals surface area contributed by atoms with Gasteiger partial charge in [-0.05, 0) is 6.42 Å². The fraction of sp³-hybridized carbons (Fsp3) is 1.00. The van der Waals surface area contributed by atoms with Crippen LogP contribution in [0.15, 0.2) is 0 Å². The Balaban J connectivity index is 0. The fourth-order valence-electron chi connectivity index (χ4n) is 1.17. The Labute approximate surface area is 99.8 Å². The van der Waals surface area contributed by atoms with Crippen molar-refractivity contribution in [1.82, 2.24) is 0 Å². The Hall–Kier alpha value is 0.722. The molecule has 0 aromatic carbocycles. The van der Waals surface area contributed by atoms with Crippen molar-refractivity contribution in [2.75, 3.05) is 12.8 Å². The molecule has 1 unspecified atom stereocenters. The minimum Gasteiger partial charge on any atom is -0.330 e. The van der Waals surface area contributed by atoms with Crippen LogP contribution in [0.1, 0.15) is 52.4 Å². The van der Waals surface area contributed by atoms with Crippen LogP contribution in [0.2, 0.25) is 0 Å². The zero-order chi connectivity index (χ0) is 9.94. The molecule has 2 nitrogen and oxygen atoms in total. The number of hydrogen-bond donors (Lipinski definition) is 0. The zero-order valence-corrected chi connectivity index (χ0v) is 9.97. The number of rotatable bonds is 9. The molecule has 86 valence electrons. The van der Waals surface area contributed by atoms with Crippen molar-refractivity contribution in [3.05, 3.63) is 0 Å². The van der Waals surface area contributed by atoms with E-state index >= 15 is 0 Å². The van der Waals surface area contributed by atoms with Gasteiger partial charge in [-0.3, -0.25) is 4.57 Å². The molecule has 0 aliphatic heterocycles. The number of unbranched alkanes of at least 4 members (excludes halogenated alkanes) is 5. The first-order valence-electron chi connectivity index (χ1n) is 5.46. The third-order valence-corrected chi connectivity index (χ3v) is 3.15. The minimum atomic E-state index is -1.68. The molecule has 0 bridgehead atoms. The van der Waals surface area contributed by atoms with Crippen LogP contribution in [0.3, 0.4) is 0 Å². The monoisotopic (exact) mass is 236 g/mol. The molecular formula is C10H26AlO2P. The van der Waals surface area contributed by atoms with Crippen molar-refractivity contribution in [2.45, 2.75) is 52.4 Å². The second-order valence-corrected chi connectivity index (χ2v) is 5.08. The Bertz CT molecular complexity index is 131. The second-order valence-electron chi connectivity index (χ2n) is 3.34. The van der Waals surface area contributed by atoms with Crippen molar-refractivity contribution in [3.63, 3.8) is 0 Å². The highest BCUT2D eigenvalue weighted by atomic mass is 31.1. The summed E-state index contributed by atoms with van der Waals surface area (Å²) in [6.07, 6.45) is 8.23. The lowest BCUT2D eigenvalue weighted by atomic mass is 10.1. The highest BCUT2D eigenvalue weighted by Gasteiger charge is 1.94. The van der Waals surface area contributed by atoms with Crippen molar-refractivity contribution in [3.8, 4) is 0 Å². The van der Waals surface area contributed by atoms with Gasteiger partial charge in [0, 0.05) is 6.16 Å². The third-order valence-electron chi connectivity index (χ3n) is 2.05. The first-order chi connectivity index (χ1) is 6.31. The Morgan fingerprint density at radius 3 is 2.14 bits per heavy atom. The van der Waals surface area contributed by atoms with Crippen LogP contribution in [0.25, 0.3) is 0 Å². The van der Waals surface area contributed by atoms with E-state index in [1.54, 1.807) is 0 Å². The Kier molecular flexibility index (Phi) is 16.8. The summed E-state index contributed by atoms with van der Waals surface area (Å²) in [7, 11) is -1.68. The van der Waals surface area contributed by atoms with Crippen LogP contribution < -0.4 is 0 Å². The topological polar surface area (TPSA) is 26.3 Å². The molecule has 0 saturated carbocycles. The second kappa shape index (κ2) is 13.7. The van der Waals surface area contributed by atoms with Gasteiger partial charge >= 0.3 is 0 Å². The van der Waals surface area contributed by atoms with Crippen LogP contribution in [0.4, 0.5) is 0 Å². The summed E-state index contributed by atoms with van der Waals surface area (Å²) in [6.45, 7) is 4.82. The van der Waals surface area contributed by atoms with Gasteiger partial charge in [-0.25, -0.2) is 0 Å². The van der Waals surface area contributed by atoms with Crippen molar-refractivity contribution in [1.29, 1.82) is 0 Å². The van der Waals surface area contributed by atoms with E-state index in [0.717, 1.165) is 6.42 Å². The molecule has 0 aromatic heterocycles. The molecule has 14 heavy (non-hydrogen) atoms. The van der Waals surface area contributed by atoms with E-state index < -0.39 is 8.03 Å². The molecule has 0 aromatic rings. The van der Waals surface area contributed by atoms with Crippen molar-refractivity contribution < 1.29 is 9.09 Å². The van der Waals surface area contributed by atoms with Gasteiger partial charge in [-0.2, -0.15) is 0 Å². The molecule has 0 radical (unpaired) electrons. The lowest BCUT2D eigenvalue weighted by molar-refractivity contribution is 0.316. The van der Waals surface area contributed by atoms with Crippen molar-refractivity contribution in [2.24, 2.45) is 0 Å². The van der Waals surface area contributed by atoms with E-state index in [4.69, 9.17) is 4.52 Å². The lowest BCUT2D eigenvalue weighted by Crippen LogP contribution is -1.88. The smallest absolute Gasteiger partial charge is 0.191 e. The van der Waals surface area contributed by atoms with Crippen LogP contribution in [-0.4, -0.2) is 30.1 Å². The molecule has 0 saturated heterocycles. The predicted molar refractivity (Wildman–Crippen MR) is 68.8 cm³/mol. The maximum Gasteiger partial charge on any atom is 0.191 e. The molecule has 1 atom stereocenters. The van der Waals surface area contributed by atoms with Gasteiger partial charge in [0.2, 0.25) is 0 Å². The molecule has 0 rings (SSSR count). The van der Waals surface area contributed by atoms with Gasteiger partial charge < -0.3 is 4.52 Å². The van der Waals surface area contributed by atoms with Gasteiger partial charge in [-0.1, -0.05) is 46.0 Å². The van der Waals surface area contributed by atoms with Gasteiger partial charge in [0.1, 0.15) is 0 Å². The van der Waals surface area contributed by atoms with Crippen LogP contribution in [-0.2, 0) is 9.09 Å². The van der Waals surface area contributed by atoms with Gasteiger partial charge in [-0.15, -0.1) is 0 Å². The maximum atomic E-state index is 10.9. The summed E-state index contributed by atoms with van der Waals surface area (Å²) < 4.78 is 16.1. The first kappa shape index (κ1) is 17.1. The zero-order valence-electron chi connectivity index (χ0n) is 8.97. The molecule has 4 heteroatoms. The average Bonchev–Trinajstić information content (AvgIpc) is 2.16. The largest absolute Gasteiger partial charge is 0.330 e. The summed E-state index contributed by atoms with van der Waals surface area (Å²) in [4.78, 5) is 0. The van der Waals surface area contributed by atoms with Gasteiger partial charge in [0.05, 0.1) is 6.61 Å². The maximum absolute atomic E-state index is 10.9.